The first kappa shape index (κ1) is 6.08. The fourth-order valence-corrected chi connectivity index (χ4v) is 0.778. The zero-order valence-electron chi connectivity index (χ0n) is 5.54. The minimum absolute atomic E-state index is 0.942. The standard InChI is InChI=1S/C7H10N2/c1-3-7-8-5-6-9(7)4-2/h3,5-6H,1,4H2,2H3. The van der Waals surface area contributed by atoms with Crippen molar-refractivity contribution in [3.05, 3.63) is 24.8 Å². The summed E-state index contributed by atoms with van der Waals surface area (Å²) in [6.07, 6.45) is 5.47. The summed E-state index contributed by atoms with van der Waals surface area (Å²) < 4.78 is 2.03. The molecule has 48 valence electrons. The van der Waals surface area contributed by atoms with Crippen LogP contribution in [-0.2, 0) is 6.54 Å². The van der Waals surface area contributed by atoms with Crippen LogP contribution in [0.15, 0.2) is 19.0 Å². The third-order valence-corrected chi connectivity index (χ3v) is 1.27. The Morgan fingerprint density at radius 3 is 3.11 bits per heavy atom. The van der Waals surface area contributed by atoms with Crippen LogP contribution in [-0.4, -0.2) is 9.55 Å². The van der Waals surface area contributed by atoms with Gasteiger partial charge in [0.2, 0.25) is 0 Å². The van der Waals surface area contributed by atoms with Gasteiger partial charge in [-0.25, -0.2) is 4.98 Å². The smallest absolute Gasteiger partial charge is 0.131 e. The number of imidazole rings is 1. The molecule has 1 aromatic heterocycles. The Morgan fingerprint density at radius 1 is 1.89 bits per heavy atom. The van der Waals surface area contributed by atoms with Crippen molar-refractivity contribution in [2.24, 2.45) is 0 Å². The topological polar surface area (TPSA) is 17.8 Å². The molecule has 0 radical (unpaired) electrons. The Morgan fingerprint density at radius 2 is 2.67 bits per heavy atom. The maximum atomic E-state index is 4.05. The molecule has 0 unspecified atom stereocenters. The molecule has 0 fully saturated rings. The van der Waals surface area contributed by atoms with Gasteiger partial charge in [0.05, 0.1) is 0 Å². The first-order valence-corrected chi connectivity index (χ1v) is 3.02. The van der Waals surface area contributed by atoms with E-state index in [1.54, 1.807) is 12.3 Å². The third kappa shape index (κ3) is 1.02. The molecule has 0 spiro atoms. The van der Waals surface area contributed by atoms with E-state index in [0.717, 1.165) is 12.4 Å². The Hall–Kier alpha value is -1.05. The summed E-state index contributed by atoms with van der Waals surface area (Å²) in [5, 5.41) is 0. The number of hydrogen-bond acceptors (Lipinski definition) is 1. The molecule has 0 bridgehead atoms. The fourth-order valence-electron chi connectivity index (χ4n) is 0.778. The second-order valence-corrected chi connectivity index (χ2v) is 1.78. The summed E-state index contributed by atoms with van der Waals surface area (Å²) in [4.78, 5) is 4.05. The predicted octanol–water partition coefficient (Wildman–Crippen LogP) is 1.55. The average Bonchev–Trinajstić information content (AvgIpc) is 2.33. The first-order valence-electron chi connectivity index (χ1n) is 3.02. The molecule has 2 nitrogen and oxygen atoms in total. The third-order valence-electron chi connectivity index (χ3n) is 1.27. The largest absolute Gasteiger partial charge is 0.332 e. The lowest BCUT2D eigenvalue weighted by atomic mass is 10.5. The summed E-state index contributed by atoms with van der Waals surface area (Å²) in [6, 6.07) is 0. The van der Waals surface area contributed by atoms with Gasteiger partial charge in [-0.3, -0.25) is 0 Å². The van der Waals surface area contributed by atoms with Crippen LogP contribution < -0.4 is 0 Å². The van der Waals surface area contributed by atoms with Crippen molar-refractivity contribution in [3.8, 4) is 0 Å². The average molecular weight is 122 g/mol. The molecule has 0 aliphatic carbocycles. The molecule has 0 amide bonds. The van der Waals surface area contributed by atoms with Crippen LogP contribution in [0.25, 0.3) is 6.08 Å². The quantitative estimate of drug-likeness (QED) is 0.582. The van der Waals surface area contributed by atoms with E-state index >= 15 is 0 Å². The number of rotatable bonds is 2. The lowest BCUT2D eigenvalue weighted by molar-refractivity contribution is 0.752. The van der Waals surface area contributed by atoms with Crippen molar-refractivity contribution in [2.75, 3.05) is 0 Å². The second-order valence-electron chi connectivity index (χ2n) is 1.78. The summed E-state index contributed by atoms with van der Waals surface area (Å²) in [6.45, 7) is 6.67. The van der Waals surface area contributed by atoms with Gasteiger partial charge in [-0.05, 0) is 13.0 Å². The van der Waals surface area contributed by atoms with Gasteiger partial charge < -0.3 is 4.57 Å². The molecule has 0 N–H and O–H groups in total. The monoisotopic (exact) mass is 122 g/mol. The van der Waals surface area contributed by atoms with Gasteiger partial charge in [0.25, 0.3) is 0 Å². The molecule has 0 aliphatic rings. The van der Waals surface area contributed by atoms with Gasteiger partial charge in [-0.15, -0.1) is 0 Å². The van der Waals surface area contributed by atoms with E-state index in [0.29, 0.717) is 0 Å². The Kier molecular flexibility index (Phi) is 1.68. The van der Waals surface area contributed by atoms with E-state index in [1.807, 2.05) is 10.8 Å². The highest BCUT2D eigenvalue weighted by molar-refractivity contribution is 5.36. The second kappa shape index (κ2) is 2.49. The van der Waals surface area contributed by atoms with E-state index in [1.165, 1.54) is 0 Å². The van der Waals surface area contributed by atoms with Crippen LogP contribution >= 0.6 is 0 Å². The fraction of sp³-hybridized carbons (Fsp3) is 0.286. The Bertz CT molecular complexity index is 200. The van der Waals surface area contributed by atoms with E-state index < -0.39 is 0 Å². The van der Waals surface area contributed by atoms with Gasteiger partial charge >= 0.3 is 0 Å². The van der Waals surface area contributed by atoms with Crippen LogP contribution in [0.4, 0.5) is 0 Å². The minimum atomic E-state index is 0.942. The summed E-state index contributed by atoms with van der Waals surface area (Å²) in [7, 11) is 0. The molecular weight excluding hydrogens is 112 g/mol. The van der Waals surface area contributed by atoms with Crippen molar-refractivity contribution in [3.63, 3.8) is 0 Å². The summed E-state index contributed by atoms with van der Waals surface area (Å²) in [5.74, 6) is 0.942. The van der Waals surface area contributed by atoms with E-state index in [9.17, 15) is 0 Å². The zero-order valence-corrected chi connectivity index (χ0v) is 5.54. The van der Waals surface area contributed by atoms with Crippen LogP contribution in [0, 0.1) is 0 Å². The maximum absolute atomic E-state index is 4.05. The van der Waals surface area contributed by atoms with Gasteiger partial charge in [0, 0.05) is 18.9 Å². The van der Waals surface area contributed by atoms with E-state index in [-0.39, 0.29) is 0 Å². The van der Waals surface area contributed by atoms with Gasteiger partial charge in [0.1, 0.15) is 5.82 Å². The predicted molar refractivity (Wildman–Crippen MR) is 38.0 cm³/mol. The molecule has 1 heterocycles. The molecular formula is C7H10N2. The van der Waals surface area contributed by atoms with E-state index in [4.69, 9.17) is 0 Å². The molecule has 0 atom stereocenters. The minimum Gasteiger partial charge on any atom is -0.332 e. The zero-order chi connectivity index (χ0) is 6.69. The van der Waals surface area contributed by atoms with Crippen molar-refractivity contribution >= 4 is 6.08 Å². The molecule has 1 aromatic rings. The number of nitrogens with zero attached hydrogens (tertiary/aromatic N) is 2. The molecule has 1 rings (SSSR count). The van der Waals surface area contributed by atoms with Crippen molar-refractivity contribution in [1.82, 2.24) is 9.55 Å². The SMILES string of the molecule is C=Cc1nccn1CC. The first-order chi connectivity index (χ1) is 4.38. The highest BCUT2D eigenvalue weighted by atomic mass is 15.0. The molecule has 0 saturated carbocycles. The molecule has 2 heteroatoms. The Balaban J connectivity index is 2.98. The lowest BCUT2D eigenvalue weighted by Crippen LogP contribution is -1.93. The van der Waals surface area contributed by atoms with Crippen LogP contribution in [0.2, 0.25) is 0 Å². The highest BCUT2D eigenvalue weighted by Gasteiger charge is 1.91. The number of aromatic nitrogens is 2. The van der Waals surface area contributed by atoms with Crippen molar-refractivity contribution in [1.29, 1.82) is 0 Å². The van der Waals surface area contributed by atoms with Crippen molar-refractivity contribution in [2.45, 2.75) is 13.5 Å². The molecule has 0 aromatic carbocycles. The van der Waals surface area contributed by atoms with Gasteiger partial charge in [0.15, 0.2) is 0 Å². The van der Waals surface area contributed by atoms with Crippen molar-refractivity contribution < 1.29 is 0 Å². The lowest BCUT2D eigenvalue weighted by Gasteiger charge is -1.96. The number of hydrogen-bond donors (Lipinski definition) is 0. The van der Waals surface area contributed by atoms with E-state index in [2.05, 4.69) is 18.5 Å². The molecule has 0 saturated heterocycles. The number of aryl methyl sites for hydroxylation is 1. The molecule has 0 aliphatic heterocycles. The molecule has 9 heavy (non-hydrogen) atoms. The van der Waals surface area contributed by atoms with Gasteiger partial charge in [-0.2, -0.15) is 0 Å². The maximum Gasteiger partial charge on any atom is 0.131 e. The Labute approximate surface area is 54.8 Å². The van der Waals surface area contributed by atoms with Crippen LogP contribution in [0.3, 0.4) is 0 Å². The summed E-state index contributed by atoms with van der Waals surface area (Å²) >= 11 is 0. The highest BCUT2D eigenvalue weighted by Crippen LogP contribution is 1.96. The van der Waals surface area contributed by atoms with Crippen LogP contribution in [0.5, 0.6) is 0 Å². The van der Waals surface area contributed by atoms with Crippen LogP contribution in [0.1, 0.15) is 12.7 Å². The van der Waals surface area contributed by atoms with Gasteiger partial charge in [-0.1, -0.05) is 6.58 Å². The summed E-state index contributed by atoms with van der Waals surface area (Å²) in [5.41, 5.74) is 0. The normalized spacial score (nSPS) is 9.44.